The third-order valence-corrected chi connectivity index (χ3v) is 5.84. The summed E-state index contributed by atoms with van der Waals surface area (Å²) in [6.45, 7) is 10.3. The quantitative estimate of drug-likeness (QED) is 0.387. The summed E-state index contributed by atoms with van der Waals surface area (Å²) in [6.07, 6.45) is 0. The van der Waals surface area contributed by atoms with Gasteiger partial charge in [0.2, 0.25) is 5.91 Å². The van der Waals surface area contributed by atoms with Gasteiger partial charge in [-0.3, -0.25) is 4.79 Å². The minimum Gasteiger partial charge on any atom is -0.357 e. The molecule has 0 bridgehead atoms. The standard InChI is InChI=1S/C20H27N5OS.HI/c1-4-21-20(25-12-10-24(11-13-25)16(3)26)22-14-18-15(2)23-19(27-18)17-8-6-5-7-9-17;/h5-9H,4,10-14H2,1-3H3,(H,21,22);1H. The van der Waals surface area contributed by atoms with Gasteiger partial charge in [-0.05, 0) is 13.8 Å². The minimum atomic E-state index is 0. The van der Waals surface area contributed by atoms with Crippen molar-refractivity contribution in [2.24, 2.45) is 4.99 Å². The molecule has 0 saturated carbocycles. The average Bonchev–Trinajstić information content (AvgIpc) is 3.06. The maximum absolute atomic E-state index is 11.5. The van der Waals surface area contributed by atoms with E-state index in [0.29, 0.717) is 6.54 Å². The molecule has 152 valence electrons. The Labute approximate surface area is 188 Å². The lowest BCUT2D eigenvalue weighted by Gasteiger charge is -2.36. The van der Waals surface area contributed by atoms with E-state index in [1.54, 1.807) is 18.3 Å². The van der Waals surface area contributed by atoms with Crippen LogP contribution in [0.3, 0.4) is 0 Å². The van der Waals surface area contributed by atoms with Crippen LogP contribution in [0, 0.1) is 6.92 Å². The van der Waals surface area contributed by atoms with Gasteiger partial charge in [-0.2, -0.15) is 0 Å². The maximum atomic E-state index is 11.5. The number of carbonyl (C=O) groups excluding carboxylic acids is 1. The molecule has 0 aliphatic carbocycles. The first-order chi connectivity index (χ1) is 13.1. The van der Waals surface area contributed by atoms with Gasteiger partial charge in [0, 0.05) is 50.1 Å². The predicted octanol–water partition coefficient (Wildman–Crippen LogP) is 3.37. The Kier molecular flexibility index (Phi) is 8.68. The molecule has 1 amide bonds. The Hall–Kier alpha value is -1.68. The van der Waals surface area contributed by atoms with Gasteiger partial charge >= 0.3 is 0 Å². The number of carbonyl (C=O) groups is 1. The van der Waals surface area contributed by atoms with Crippen LogP contribution in [-0.4, -0.2) is 59.4 Å². The molecule has 1 aromatic heterocycles. The summed E-state index contributed by atoms with van der Waals surface area (Å²) in [5.74, 6) is 1.06. The van der Waals surface area contributed by atoms with Gasteiger partial charge in [-0.15, -0.1) is 35.3 Å². The average molecular weight is 513 g/mol. The fourth-order valence-corrected chi connectivity index (χ4v) is 4.08. The summed E-state index contributed by atoms with van der Waals surface area (Å²) < 4.78 is 0. The Morgan fingerprint density at radius 2 is 1.82 bits per heavy atom. The van der Waals surface area contributed by atoms with E-state index in [1.165, 1.54) is 4.88 Å². The molecule has 3 rings (SSSR count). The molecule has 1 saturated heterocycles. The summed E-state index contributed by atoms with van der Waals surface area (Å²) in [5.41, 5.74) is 2.19. The van der Waals surface area contributed by atoms with E-state index in [-0.39, 0.29) is 29.9 Å². The fraction of sp³-hybridized carbons (Fsp3) is 0.450. The van der Waals surface area contributed by atoms with E-state index in [4.69, 9.17) is 9.98 Å². The number of rotatable bonds is 4. The topological polar surface area (TPSA) is 60.8 Å². The van der Waals surface area contributed by atoms with Crippen LogP contribution < -0.4 is 5.32 Å². The number of aliphatic imine (C=N–C) groups is 1. The number of nitrogens with one attached hydrogen (secondary N) is 1. The number of aryl methyl sites for hydroxylation is 1. The van der Waals surface area contributed by atoms with Crippen LogP contribution in [0.5, 0.6) is 0 Å². The van der Waals surface area contributed by atoms with Gasteiger partial charge in [-0.1, -0.05) is 30.3 Å². The van der Waals surface area contributed by atoms with Crippen molar-refractivity contribution in [1.29, 1.82) is 0 Å². The summed E-state index contributed by atoms with van der Waals surface area (Å²) in [4.78, 5) is 26.4. The van der Waals surface area contributed by atoms with Crippen LogP contribution in [0.15, 0.2) is 35.3 Å². The number of hydrogen-bond donors (Lipinski definition) is 1. The van der Waals surface area contributed by atoms with Crippen LogP contribution in [0.25, 0.3) is 10.6 Å². The first-order valence-electron chi connectivity index (χ1n) is 9.39. The molecule has 28 heavy (non-hydrogen) atoms. The second-order valence-electron chi connectivity index (χ2n) is 6.56. The number of nitrogens with zero attached hydrogens (tertiary/aromatic N) is 4. The molecule has 8 heteroatoms. The highest BCUT2D eigenvalue weighted by atomic mass is 127. The summed E-state index contributed by atoms with van der Waals surface area (Å²) in [7, 11) is 0. The number of piperazine rings is 1. The molecule has 2 heterocycles. The first kappa shape index (κ1) is 22.6. The molecule has 6 nitrogen and oxygen atoms in total. The molecular weight excluding hydrogens is 485 g/mol. The second-order valence-corrected chi connectivity index (χ2v) is 7.64. The zero-order chi connectivity index (χ0) is 19.2. The van der Waals surface area contributed by atoms with E-state index in [2.05, 4.69) is 29.3 Å². The second kappa shape index (κ2) is 10.8. The molecule has 1 aliphatic rings. The lowest BCUT2D eigenvalue weighted by molar-refractivity contribution is -0.130. The zero-order valence-electron chi connectivity index (χ0n) is 16.6. The molecular formula is C20H28IN5OS. The van der Waals surface area contributed by atoms with E-state index < -0.39 is 0 Å². The molecule has 1 fully saturated rings. The number of hydrogen-bond acceptors (Lipinski definition) is 4. The Balaban J connectivity index is 0.00000280. The van der Waals surface area contributed by atoms with Gasteiger partial charge in [0.25, 0.3) is 0 Å². The van der Waals surface area contributed by atoms with Crippen LogP contribution in [-0.2, 0) is 11.3 Å². The number of amides is 1. The van der Waals surface area contributed by atoms with E-state index in [9.17, 15) is 4.79 Å². The largest absolute Gasteiger partial charge is 0.357 e. The van der Waals surface area contributed by atoms with Crippen molar-refractivity contribution >= 4 is 47.2 Å². The molecule has 1 N–H and O–H groups in total. The summed E-state index contributed by atoms with van der Waals surface area (Å²) >= 11 is 1.71. The van der Waals surface area contributed by atoms with Gasteiger partial charge in [-0.25, -0.2) is 9.98 Å². The highest BCUT2D eigenvalue weighted by molar-refractivity contribution is 14.0. The molecule has 1 aliphatic heterocycles. The highest BCUT2D eigenvalue weighted by Gasteiger charge is 2.21. The third kappa shape index (κ3) is 5.66. The van der Waals surface area contributed by atoms with Gasteiger partial charge in [0.1, 0.15) is 5.01 Å². The monoisotopic (exact) mass is 513 g/mol. The number of thiazole rings is 1. The third-order valence-electron chi connectivity index (χ3n) is 4.65. The lowest BCUT2D eigenvalue weighted by atomic mass is 10.2. The van der Waals surface area contributed by atoms with Crippen molar-refractivity contribution in [2.75, 3.05) is 32.7 Å². The molecule has 1 aromatic carbocycles. The van der Waals surface area contributed by atoms with Crippen molar-refractivity contribution in [3.05, 3.63) is 40.9 Å². The number of aromatic nitrogens is 1. The van der Waals surface area contributed by atoms with Crippen LogP contribution in [0.1, 0.15) is 24.4 Å². The Bertz CT molecular complexity index is 800. The fourth-order valence-electron chi connectivity index (χ4n) is 3.08. The highest BCUT2D eigenvalue weighted by Crippen LogP contribution is 2.28. The summed E-state index contributed by atoms with van der Waals surface area (Å²) in [6, 6.07) is 10.3. The smallest absolute Gasteiger partial charge is 0.219 e. The normalized spacial score (nSPS) is 14.6. The number of benzene rings is 1. The van der Waals surface area contributed by atoms with Crippen molar-refractivity contribution < 1.29 is 4.79 Å². The van der Waals surface area contributed by atoms with Crippen molar-refractivity contribution in [2.45, 2.75) is 27.3 Å². The van der Waals surface area contributed by atoms with Crippen LogP contribution >= 0.6 is 35.3 Å². The van der Waals surface area contributed by atoms with Gasteiger partial charge in [0.15, 0.2) is 5.96 Å². The van der Waals surface area contributed by atoms with E-state index in [1.807, 2.05) is 30.0 Å². The van der Waals surface area contributed by atoms with Crippen LogP contribution in [0.4, 0.5) is 0 Å². The zero-order valence-corrected chi connectivity index (χ0v) is 19.8. The van der Waals surface area contributed by atoms with Crippen molar-refractivity contribution in [3.63, 3.8) is 0 Å². The Morgan fingerprint density at radius 3 is 2.43 bits per heavy atom. The van der Waals surface area contributed by atoms with Crippen molar-refractivity contribution in [1.82, 2.24) is 20.1 Å². The number of guanidine groups is 1. The number of halogens is 1. The Morgan fingerprint density at radius 1 is 1.18 bits per heavy atom. The van der Waals surface area contributed by atoms with Gasteiger partial charge in [0.05, 0.1) is 12.2 Å². The first-order valence-corrected chi connectivity index (χ1v) is 10.2. The molecule has 0 spiro atoms. The molecule has 0 atom stereocenters. The molecule has 0 unspecified atom stereocenters. The lowest BCUT2D eigenvalue weighted by Crippen LogP contribution is -2.53. The van der Waals surface area contributed by atoms with Gasteiger partial charge < -0.3 is 15.1 Å². The SMILES string of the molecule is CCNC(=NCc1sc(-c2ccccc2)nc1C)N1CCN(C(C)=O)CC1.I. The molecule has 0 radical (unpaired) electrons. The van der Waals surface area contributed by atoms with E-state index in [0.717, 1.165) is 54.9 Å². The summed E-state index contributed by atoms with van der Waals surface area (Å²) in [5, 5.41) is 4.42. The molecule has 2 aromatic rings. The minimum absolute atomic E-state index is 0. The van der Waals surface area contributed by atoms with Crippen LogP contribution in [0.2, 0.25) is 0 Å². The maximum Gasteiger partial charge on any atom is 0.219 e. The predicted molar refractivity (Wildman–Crippen MR) is 126 cm³/mol. The van der Waals surface area contributed by atoms with Crippen molar-refractivity contribution in [3.8, 4) is 10.6 Å². The van der Waals surface area contributed by atoms with E-state index >= 15 is 0 Å².